The predicted molar refractivity (Wildman–Crippen MR) is 89.2 cm³/mol. The van der Waals surface area contributed by atoms with Crippen LogP contribution in [0, 0.1) is 0 Å². The van der Waals surface area contributed by atoms with E-state index < -0.39 is 23.8 Å². The van der Waals surface area contributed by atoms with Gasteiger partial charge in [0.05, 0.1) is 9.79 Å². The molecule has 3 rings (SSSR count). The smallest absolute Gasteiger partial charge is 0.198 e. The van der Waals surface area contributed by atoms with Crippen molar-refractivity contribution in [3.05, 3.63) is 58.6 Å². The SMILES string of the molecule is O=S(=O)(c1ccc(Cl)cc1)C1(S(=O)(=O)c2ccc(Cl)cc2)CC1. The van der Waals surface area contributed by atoms with Crippen LogP contribution in [0.1, 0.15) is 12.8 Å². The summed E-state index contributed by atoms with van der Waals surface area (Å²) in [7, 11) is -8.08. The van der Waals surface area contributed by atoms with Gasteiger partial charge in [0.15, 0.2) is 23.8 Å². The Labute approximate surface area is 144 Å². The summed E-state index contributed by atoms with van der Waals surface area (Å²) in [6.45, 7) is 0. The lowest BCUT2D eigenvalue weighted by molar-refractivity contribution is 0.572. The minimum Gasteiger partial charge on any atom is -0.222 e. The molecule has 0 aliphatic heterocycles. The molecule has 0 aromatic heterocycles. The number of sulfone groups is 2. The van der Waals surface area contributed by atoms with Gasteiger partial charge >= 0.3 is 0 Å². The van der Waals surface area contributed by atoms with Crippen molar-refractivity contribution in [2.75, 3.05) is 0 Å². The van der Waals surface area contributed by atoms with Crippen LogP contribution in [0.3, 0.4) is 0 Å². The molecule has 0 heterocycles. The highest BCUT2D eigenvalue weighted by Gasteiger charge is 2.65. The van der Waals surface area contributed by atoms with Gasteiger partial charge in [-0.2, -0.15) is 0 Å². The molecule has 0 spiro atoms. The average molecular weight is 391 g/mol. The number of benzene rings is 2. The van der Waals surface area contributed by atoms with Crippen LogP contribution in [0.5, 0.6) is 0 Å². The van der Waals surface area contributed by atoms with Crippen molar-refractivity contribution < 1.29 is 16.8 Å². The molecule has 0 N–H and O–H groups in total. The molecule has 122 valence electrons. The minimum absolute atomic E-state index is 0.0445. The van der Waals surface area contributed by atoms with Crippen LogP contribution in [0.2, 0.25) is 10.0 Å². The Balaban J connectivity index is 2.11. The van der Waals surface area contributed by atoms with Gasteiger partial charge in [-0.1, -0.05) is 23.2 Å². The monoisotopic (exact) mass is 390 g/mol. The van der Waals surface area contributed by atoms with Gasteiger partial charge < -0.3 is 0 Å². The first-order valence-corrected chi connectivity index (χ1v) is 10.4. The highest BCUT2D eigenvalue weighted by atomic mass is 35.5. The normalized spacial score (nSPS) is 17.0. The zero-order chi connectivity index (χ0) is 16.9. The first kappa shape index (κ1) is 16.8. The Morgan fingerprint density at radius 1 is 0.652 bits per heavy atom. The third-order valence-electron chi connectivity index (χ3n) is 3.89. The quantitative estimate of drug-likeness (QED) is 0.797. The van der Waals surface area contributed by atoms with E-state index in [0.29, 0.717) is 10.0 Å². The fraction of sp³-hybridized carbons (Fsp3) is 0.200. The lowest BCUT2D eigenvalue weighted by Gasteiger charge is -2.17. The first-order valence-electron chi connectivity index (χ1n) is 6.71. The topological polar surface area (TPSA) is 68.3 Å². The highest BCUT2D eigenvalue weighted by Crippen LogP contribution is 2.53. The number of rotatable bonds is 4. The molecule has 0 unspecified atom stereocenters. The molecule has 0 radical (unpaired) electrons. The second-order valence-electron chi connectivity index (χ2n) is 5.33. The predicted octanol–water partition coefficient (Wildman–Crippen LogP) is 3.73. The van der Waals surface area contributed by atoms with E-state index in [1.165, 1.54) is 48.5 Å². The second kappa shape index (κ2) is 5.48. The van der Waals surface area contributed by atoms with Crippen LogP contribution in [0.4, 0.5) is 0 Å². The molecule has 1 fully saturated rings. The lowest BCUT2D eigenvalue weighted by Crippen LogP contribution is -2.33. The van der Waals surface area contributed by atoms with E-state index in [1.54, 1.807) is 0 Å². The molecule has 23 heavy (non-hydrogen) atoms. The Kier molecular flexibility index (Phi) is 3.99. The van der Waals surface area contributed by atoms with Crippen LogP contribution in [0.25, 0.3) is 0 Å². The van der Waals surface area contributed by atoms with Crippen molar-refractivity contribution in [3.8, 4) is 0 Å². The third-order valence-corrected chi connectivity index (χ3v) is 10.3. The molecule has 1 aliphatic rings. The van der Waals surface area contributed by atoms with Crippen molar-refractivity contribution in [1.82, 2.24) is 0 Å². The third kappa shape index (κ3) is 2.58. The molecule has 1 aliphatic carbocycles. The second-order valence-corrected chi connectivity index (χ2v) is 11.0. The standard InChI is InChI=1S/C15H12Cl2O4S2/c16-11-1-5-13(6-2-11)22(18,19)15(9-10-15)23(20,21)14-7-3-12(17)4-8-14/h1-8H,9-10H2. The van der Waals surface area contributed by atoms with Gasteiger partial charge in [0.1, 0.15) is 0 Å². The zero-order valence-corrected chi connectivity index (χ0v) is 14.9. The Hall–Kier alpha value is -1.08. The Bertz CT molecular complexity index is 866. The summed E-state index contributed by atoms with van der Waals surface area (Å²) in [4.78, 5) is -0.0890. The molecule has 2 aromatic rings. The molecular formula is C15H12Cl2O4S2. The Morgan fingerprint density at radius 2 is 0.957 bits per heavy atom. The van der Waals surface area contributed by atoms with Crippen molar-refractivity contribution >= 4 is 42.9 Å². The van der Waals surface area contributed by atoms with Gasteiger partial charge in [0.2, 0.25) is 0 Å². The van der Waals surface area contributed by atoms with Crippen LogP contribution in [-0.2, 0) is 19.7 Å². The van der Waals surface area contributed by atoms with Crippen LogP contribution in [0.15, 0.2) is 58.3 Å². The summed E-state index contributed by atoms with van der Waals surface area (Å²) in [5, 5.41) is 0.767. The molecule has 0 amide bonds. The Morgan fingerprint density at radius 3 is 1.22 bits per heavy atom. The molecule has 0 atom stereocenters. The molecule has 4 nitrogen and oxygen atoms in total. The van der Waals surface area contributed by atoms with Gasteiger partial charge in [-0.3, -0.25) is 0 Å². The van der Waals surface area contributed by atoms with E-state index >= 15 is 0 Å². The van der Waals surface area contributed by atoms with E-state index in [2.05, 4.69) is 0 Å². The summed E-state index contributed by atoms with van der Waals surface area (Å²) in [6, 6.07) is 11.0. The lowest BCUT2D eigenvalue weighted by atomic mass is 10.4. The van der Waals surface area contributed by atoms with Crippen LogP contribution < -0.4 is 0 Å². The van der Waals surface area contributed by atoms with E-state index in [0.717, 1.165) is 0 Å². The van der Waals surface area contributed by atoms with Crippen molar-refractivity contribution in [1.29, 1.82) is 0 Å². The van der Waals surface area contributed by atoms with Gasteiger partial charge in [-0.05, 0) is 61.4 Å². The van der Waals surface area contributed by atoms with Crippen molar-refractivity contribution in [3.63, 3.8) is 0 Å². The summed E-state index contributed by atoms with van der Waals surface area (Å²) < 4.78 is 49.7. The summed E-state index contributed by atoms with van der Waals surface area (Å²) in [6.07, 6.45) is 0.145. The summed E-state index contributed by atoms with van der Waals surface area (Å²) in [5.41, 5.74) is 0. The average Bonchev–Trinajstić information content (AvgIpc) is 3.30. The maximum atomic E-state index is 12.9. The molecule has 2 aromatic carbocycles. The van der Waals surface area contributed by atoms with Crippen molar-refractivity contribution in [2.45, 2.75) is 26.7 Å². The highest BCUT2D eigenvalue weighted by molar-refractivity contribution is 8.10. The molecule has 0 bridgehead atoms. The fourth-order valence-electron chi connectivity index (χ4n) is 2.44. The maximum Gasteiger partial charge on any atom is 0.198 e. The first-order chi connectivity index (χ1) is 10.7. The molecule has 1 saturated carbocycles. The van der Waals surface area contributed by atoms with Gasteiger partial charge in [-0.25, -0.2) is 16.8 Å². The van der Waals surface area contributed by atoms with Crippen molar-refractivity contribution in [2.24, 2.45) is 0 Å². The van der Waals surface area contributed by atoms with Crippen LogP contribution in [-0.4, -0.2) is 20.9 Å². The van der Waals surface area contributed by atoms with Crippen LogP contribution >= 0.6 is 23.2 Å². The fourth-order valence-corrected chi connectivity index (χ4v) is 7.55. The zero-order valence-electron chi connectivity index (χ0n) is 11.7. The van der Waals surface area contributed by atoms with Gasteiger partial charge in [0, 0.05) is 10.0 Å². The maximum absolute atomic E-state index is 12.9. The number of halogens is 2. The largest absolute Gasteiger partial charge is 0.222 e. The number of hydrogen-bond acceptors (Lipinski definition) is 4. The minimum atomic E-state index is -4.04. The van der Waals surface area contributed by atoms with E-state index in [4.69, 9.17) is 23.2 Å². The summed E-state index contributed by atoms with van der Waals surface area (Å²) in [5.74, 6) is 0. The van der Waals surface area contributed by atoms with E-state index in [1.807, 2.05) is 0 Å². The molecule has 0 saturated heterocycles. The van der Waals surface area contributed by atoms with E-state index in [9.17, 15) is 16.8 Å². The van der Waals surface area contributed by atoms with Gasteiger partial charge in [0.25, 0.3) is 0 Å². The summed E-state index contributed by atoms with van der Waals surface area (Å²) >= 11 is 11.5. The molecular weight excluding hydrogens is 379 g/mol. The van der Waals surface area contributed by atoms with Gasteiger partial charge in [-0.15, -0.1) is 0 Å². The molecule has 8 heteroatoms. The number of hydrogen-bond donors (Lipinski definition) is 0. The van der Waals surface area contributed by atoms with E-state index in [-0.39, 0.29) is 22.6 Å².